The van der Waals surface area contributed by atoms with Crippen LogP contribution in [0.25, 0.3) is 0 Å². The van der Waals surface area contributed by atoms with Crippen molar-refractivity contribution in [2.24, 2.45) is 0 Å². The van der Waals surface area contributed by atoms with Crippen molar-refractivity contribution in [2.45, 2.75) is 0 Å². The van der Waals surface area contributed by atoms with Gasteiger partial charge in [0.25, 0.3) is 0 Å². The minimum atomic E-state index is -1.04. The highest BCUT2D eigenvalue weighted by Crippen LogP contribution is 2.35. The Labute approximate surface area is 71.2 Å². The molecule has 11 heavy (non-hydrogen) atoms. The molecule has 0 saturated heterocycles. The molecular formula is C6H2Cl2F2O. The fourth-order valence-corrected chi connectivity index (χ4v) is 0.907. The van der Waals surface area contributed by atoms with Crippen LogP contribution in [-0.4, -0.2) is 5.11 Å². The third-order valence-electron chi connectivity index (χ3n) is 1.09. The van der Waals surface area contributed by atoms with Crippen LogP contribution in [0.1, 0.15) is 0 Å². The van der Waals surface area contributed by atoms with E-state index < -0.39 is 27.4 Å². The lowest BCUT2D eigenvalue weighted by molar-refractivity contribution is 0.461. The van der Waals surface area contributed by atoms with E-state index in [0.717, 1.165) is 0 Å². The van der Waals surface area contributed by atoms with E-state index in [0.29, 0.717) is 6.07 Å². The average molecular weight is 199 g/mol. The normalized spacial score (nSPS) is 10.2. The monoisotopic (exact) mass is 198 g/mol. The maximum absolute atomic E-state index is 12.4. The van der Waals surface area contributed by atoms with Gasteiger partial charge in [-0.2, -0.15) is 0 Å². The summed E-state index contributed by atoms with van der Waals surface area (Å²) in [7, 11) is 0. The van der Waals surface area contributed by atoms with Crippen molar-refractivity contribution in [1.29, 1.82) is 0 Å². The quantitative estimate of drug-likeness (QED) is 0.636. The molecule has 0 fully saturated rings. The molecule has 1 rings (SSSR count). The van der Waals surface area contributed by atoms with E-state index in [1.165, 1.54) is 0 Å². The zero-order valence-corrected chi connectivity index (χ0v) is 6.55. The van der Waals surface area contributed by atoms with Crippen molar-refractivity contribution < 1.29 is 13.9 Å². The van der Waals surface area contributed by atoms with Gasteiger partial charge < -0.3 is 5.11 Å². The number of hydrogen-bond acceptors (Lipinski definition) is 1. The number of hydrogen-bond donors (Lipinski definition) is 1. The first-order valence-electron chi connectivity index (χ1n) is 2.56. The summed E-state index contributed by atoms with van der Waals surface area (Å²) in [6.45, 7) is 0. The van der Waals surface area contributed by atoms with Gasteiger partial charge in [-0.1, -0.05) is 23.2 Å². The summed E-state index contributed by atoms with van der Waals surface area (Å²) in [4.78, 5) is 0. The van der Waals surface area contributed by atoms with E-state index in [9.17, 15) is 8.78 Å². The Balaban J connectivity index is 3.46. The summed E-state index contributed by atoms with van der Waals surface area (Å²) in [5.74, 6) is -2.84. The Hall–Kier alpha value is -0.540. The minimum Gasteiger partial charge on any atom is -0.505 e. The molecule has 1 aromatic carbocycles. The van der Waals surface area contributed by atoms with Crippen LogP contribution in [0, 0.1) is 11.6 Å². The smallest absolute Gasteiger partial charge is 0.158 e. The van der Waals surface area contributed by atoms with Crippen LogP contribution < -0.4 is 0 Å². The molecule has 1 nitrogen and oxygen atoms in total. The molecule has 60 valence electrons. The van der Waals surface area contributed by atoms with Gasteiger partial charge in [0, 0.05) is 6.07 Å². The highest BCUT2D eigenvalue weighted by Gasteiger charge is 2.14. The summed E-state index contributed by atoms with van der Waals surface area (Å²) < 4.78 is 24.9. The predicted octanol–water partition coefficient (Wildman–Crippen LogP) is 2.98. The first-order valence-corrected chi connectivity index (χ1v) is 3.31. The fraction of sp³-hybridized carbons (Fsp3) is 0. The van der Waals surface area contributed by atoms with Crippen LogP contribution >= 0.6 is 23.2 Å². The summed E-state index contributed by atoms with van der Waals surface area (Å²) in [6.07, 6.45) is 0. The predicted molar refractivity (Wildman–Crippen MR) is 38.0 cm³/mol. The van der Waals surface area contributed by atoms with Gasteiger partial charge in [0.05, 0.1) is 0 Å². The molecule has 0 aliphatic carbocycles. The van der Waals surface area contributed by atoms with Gasteiger partial charge in [-0.25, -0.2) is 8.78 Å². The molecule has 0 amide bonds. The van der Waals surface area contributed by atoms with Gasteiger partial charge in [-0.05, 0) is 0 Å². The number of phenolic OH excluding ortho intramolecular Hbond substituents is 1. The van der Waals surface area contributed by atoms with Crippen LogP contribution in [-0.2, 0) is 0 Å². The standard InChI is InChI=1S/C6H2Cl2F2O/c7-4-2(9)1-3(10)5(8)6(4)11/h1,11H. The minimum absolute atomic E-state index is 0.504. The fourth-order valence-electron chi connectivity index (χ4n) is 0.561. The maximum Gasteiger partial charge on any atom is 0.158 e. The number of rotatable bonds is 0. The van der Waals surface area contributed by atoms with Crippen molar-refractivity contribution >= 4 is 23.2 Å². The Kier molecular flexibility index (Phi) is 2.20. The zero-order chi connectivity index (χ0) is 8.59. The Morgan fingerprint density at radius 3 is 1.82 bits per heavy atom. The molecule has 0 unspecified atom stereocenters. The Morgan fingerprint density at radius 2 is 1.45 bits per heavy atom. The molecule has 0 atom stereocenters. The van der Waals surface area contributed by atoms with Gasteiger partial charge in [-0.15, -0.1) is 0 Å². The highest BCUT2D eigenvalue weighted by molar-refractivity contribution is 6.37. The van der Waals surface area contributed by atoms with Crippen molar-refractivity contribution in [3.8, 4) is 5.75 Å². The highest BCUT2D eigenvalue weighted by atomic mass is 35.5. The van der Waals surface area contributed by atoms with Gasteiger partial charge in [0.15, 0.2) is 5.75 Å². The number of benzene rings is 1. The van der Waals surface area contributed by atoms with E-state index >= 15 is 0 Å². The molecule has 0 heterocycles. The SMILES string of the molecule is Oc1c(Cl)c(F)cc(F)c1Cl. The van der Waals surface area contributed by atoms with Crippen LogP contribution in [0.15, 0.2) is 6.07 Å². The molecule has 0 saturated carbocycles. The van der Waals surface area contributed by atoms with Crippen LogP contribution in [0.4, 0.5) is 8.78 Å². The van der Waals surface area contributed by atoms with Gasteiger partial charge in [0.1, 0.15) is 21.7 Å². The largest absolute Gasteiger partial charge is 0.505 e. The third kappa shape index (κ3) is 1.39. The zero-order valence-electron chi connectivity index (χ0n) is 5.04. The van der Waals surface area contributed by atoms with Crippen LogP contribution in [0.5, 0.6) is 5.75 Å². The molecule has 1 N–H and O–H groups in total. The summed E-state index contributed by atoms with van der Waals surface area (Å²) >= 11 is 10.4. The van der Waals surface area contributed by atoms with Crippen molar-refractivity contribution in [3.05, 3.63) is 27.7 Å². The van der Waals surface area contributed by atoms with Gasteiger partial charge in [0.2, 0.25) is 0 Å². The molecule has 0 aromatic heterocycles. The maximum atomic E-state index is 12.4. The lowest BCUT2D eigenvalue weighted by Crippen LogP contribution is -1.84. The molecule has 0 spiro atoms. The van der Waals surface area contributed by atoms with E-state index in [4.69, 9.17) is 28.3 Å². The Morgan fingerprint density at radius 1 is 1.09 bits per heavy atom. The van der Waals surface area contributed by atoms with E-state index in [-0.39, 0.29) is 0 Å². The summed E-state index contributed by atoms with van der Waals surface area (Å²) in [5.41, 5.74) is 0. The lowest BCUT2D eigenvalue weighted by Gasteiger charge is -2.00. The second kappa shape index (κ2) is 2.83. The van der Waals surface area contributed by atoms with Gasteiger partial charge in [-0.3, -0.25) is 0 Å². The van der Waals surface area contributed by atoms with Gasteiger partial charge >= 0.3 is 0 Å². The van der Waals surface area contributed by atoms with Crippen LogP contribution in [0.2, 0.25) is 10.0 Å². The molecule has 0 radical (unpaired) electrons. The molecule has 0 aliphatic heterocycles. The van der Waals surface area contributed by atoms with Crippen molar-refractivity contribution in [2.75, 3.05) is 0 Å². The van der Waals surface area contributed by atoms with E-state index in [2.05, 4.69) is 0 Å². The molecule has 0 aliphatic rings. The number of phenols is 1. The third-order valence-corrected chi connectivity index (χ3v) is 1.81. The van der Waals surface area contributed by atoms with Crippen molar-refractivity contribution in [1.82, 2.24) is 0 Å². The average Bonchev–Trinajstić information content (AvgIpc) is 1.97. The first kappa shape index (κ1) is 8.56. The lowest BCUT2D eigenvalue weighted by atomic mass is 10.3. The molecule has 5 heteroatoms. The Bertz CT molecular complexity index is 275. The molecule has 0 bridgehead atoms. The van der Waals surface area contributed by atoms with E-state index in [1.807, 2.05) is 0 Å². The molecule has 1 aromatic rings. The topological polar surface area (TPSA) is 20.2 Å². The molecular weight excluding hydrogens is 197 g/mol. The second-order valence-electron chi connectivity index (χ2n) is 1.82. The van der Waals surface area contributed by atoms with E-state index in [1.54, 1.807) is 0 Å². The van der Waals surface area contributed by atoms with Crippen LogP contribution in [0.3, 0.4) is 0 Å². The summed E-state index contributed by atoms with van der Waals surface area (Å²) in [5, 5.41) is 7.68. The van der Waals surface area contributed by atoms with Crippen molar-refractivity contribution in [3.63, 3.8) is 0 Å². The number of aromatic hydroxyl groups is 1. The number of halogens is 4. The first-order chi connectivity index (χ1) is 5.04. The summed E-state index contributed by atoms with van der Waals surface area (Å²) in [6, 6.07) is 0.504. The second-order valence-corrected chi connectivity index (χ2v) is 2.57.